The van der Waals surface area contributed by atoms with Crippen LogP contribution in [0.2, 0.25) is 0 Å². The van der Waals surface area contributed by atoms with Gasteiger partial charge in [0.25, 0.3) is 0 Å². The largest absolute Gasteiger partial charge is 0.377 e. The quantitative estimate of drug-likeness (QED) is 0.570. The number of rotatable bonds is 3. The molecule has 0 saturated heterocycles. The number of aryl methyl sites for hydroxylation is 2. The second kappa shape index (κ2) is 5.60. The Kier molecular flexibility index (Phi) is 3.48. The van der Waals surface area contributed by atoms with Crippen LogP contribution in [0.4, 0.5) is 5.95 Å². The lowest BCUT2D eigenvalue weighted by Crippen LogP contribution is -2.24. The minimum absolute atomic E-state index is 0.161. The van der Waals surface area contributed by atoms with Crippen molar-refractivity contribution < 1.29 is 9.63 Å². The minimum Gasteiger partial charge on any atom is -0.377 e. The molecule has 0 amide bonds. The van der Waals surface area contributed by atoms with Gasteiger partial charge in [-0.05, 0) is 25.5 Å². The Balaban J connectivity index is 1.90. The van der Waals surface area contributed by atoms with Crippen LogP contribution in [0.15, 0.2) is 35.0 Å². The number of aliphatic hydroxyl groups is 1. The maximum atomic E-state index is 11.0. The highest BCUT2D eigenvalue weighted by Gasteiger charge is 2.32. The van der Waals surface area contributed by atoms with Crippen LogP contribution >= 0.6 is 0 Å². The van der Waals surface area contributed by atoms with Crippen molar-refractivity contribution in [2.45, 2.75) is 26.4 Å². The van der Waals surface area contributed by atoms with Crippen molar-refractivity contribution >= 4 is 16.9 Å². The van der Waals surface area contributed by atoms with Crippen molar-refractivity contribution in [1.82, 2.24) is 29.9 Å². The average molecular weight is 351 g/mol. The summed E-state index contributed by atoms with van der Waals surface area (Å²) in [7, 11) is 0. The summed E-state index contributed by atoms with van der Waals surface area (Å²) in [6.07, 6.45) is 1.57. The van der Waals surface area contributed by atoms with Gasteiger partial charge in [0.1, 0.15) is 5.60 Å². The second-order valence-electron chi connectivity index (χ2n) is 6.21. The topological polar surface area (TPSA) is 129 Å². The molecule has 1 aromatic carbocycles. The van der Waals surface area contributed by atoms with Crippen LogP contribution in [0.5, 0.6) is 0 Å². The summed E-state index contributed by atoms with van der Waals surface area (Å²) < 4.78 is 6.67. The molecule has 3 heterocycles. The number of aromatic nitrogens is 6. The molecular weight excluding hydrogens is 334 g/mol. The van der Waals surface area contributed by atoms with Gasteiger partial charge >= 0.3 is 0 Å². The molecule has 4 rings (SSSR count). The zero-order valence-corrected chi connectivity index (χ0v) is 14.5. The van der Waals surface area contributed by atoms with E-state index in [1.54, 1.807) is 30.8 Å². The number of hydrogen-bond acceptors (Lipinski definition) is 8. The Hall–Kier alpha value is -3.33. The Morgan fingerprint density at radius 3 is 2.69 bits per heavy atom. The Morgan fingerprint density at radius 1 is 1.19 bits per heavy atom. The normalized spacial score (nSPS) is 13.8. The van der Waals surface area contributed by atoms with E-state index < -0.39 is 5.60 Å². The molecule has 0 bridgehead atoms. The van der Waals surface area contributed by atoms with E-state index >= 15 is 0 Å². The molecule has 26 heavy (non-hydrogen) atoms. The highest BCUT2D eigenvalue weighted by Crippen LogP contribution is 2.31. The molecule has 0 aliphatic carbocycles. The minimum atomic E-state index is -1.42. The third-order valence-corrected chi connectivity index (χ3v) is 4.27. The van der Waals surface area contributed by atoms with Gasteiger partial charge in [-0.25, -0.2) is 9.67 Å². The molecule has 0 radical (unpaired) electrons. The predicted molar refractivity (Wildman–Crippen MR) is 93.5 cm³/mol. The van der Waals surface area contributed by atoms with Crippen LogP contribution in [0.3, 0.4) is 0 Å². The zero-order chi connectivity index (χ0) is 18.5. The van der Waals surface area contributed by atoms with E-state index in [1.807, 2.05) is 25.1 Å². The summed E-state index contributed by atoms with van der Waals surface area (Å²) in [4.78, 5) is 12.3. The predicted octanol–water partition coefficient (Wildman–Crippen LogP) is 1.65. The van der Waals surface area contributed by atoms with E-state index in [0.29, 0.717) is 17.3 Å². The summed E-state index contributed by atoms with van der Waals surface area (Å²) >= 11 is 0. The maximum Gasteiger partial charge on any atom is 0.223 e. The second-order valence-corrected chi connectivity index (χ2v) is 6.21. The van der Waals surface area contributed by atoms with E-state index in [-0.39, 0.29) is 11.8 Å². The van der Waals surface area contributed by atoms with Crippen LogP contribution in [0.1, 0.15) is 29.9 Å². The first-order chi connectivity index (χ1) is 12.4. The molecule has 0 aliphatic heterocycles. The lowest BCUT2D eigenvalue weighted by atomic mass is 9.94. The molecule has 4 aromatic rings. The number of nitrogens with zero attached hydrogens (tertiary/aromatic N) is 6. The van der Waals surface area contributed by atoms with Crippen molar-refractivity contribution in [2.75, 3.05) is 5.73 Å². The molecule has 1 unspecified atom stereocenters. The summed E-state index contributed by atoms with van der Waals surface area (Å²) in [5.74, 6) is 1.29. The fraction of sp³-hybridized carbons (Fsp3) is 0.235. The van der Waals surface area contributed by atoms with Crippen molar-refractivity contribution in [3.05, 3.63) is 53.4 Å². The molecule has 3 N–H and O–H groups in total. The van der Waals surface area contributed by atoms with E-state index in [4.69, 9.17) is 10.3 Å². The smallest absolute Gasteiger partial charge is 0.223 e. The molecule has 0 saturated carbocycles. The van der Waals surface area contributed by atoms with Gasteiger partial charge in [0.05, 0.1) is 11.2 Å². The first-order valence-electron chi connectivity index (χ1n) is 7.98. The van der Waals surface area contributed by atoms with Crippen LogP contribution in [-0.2, 0) is 5.60 Å². The molecule has 0 aliphatic rings. The molecule has 9 nitrogen and oxygen atoms in total. The van der Waals surface area contributed by atoms with E-state index in [1.165, 1.54) is 0 Å². The van der Waals surface area contributed by atoms with Crippen molar-refractivity contribution in [3.63, 3.8) is 0 Å². The van der Waals surface area contributed by atoms with Gasteiger partial charge in [0, 0.05) is 24.6 Å². The fourth-order valence-electron chi connectivity index (χ4n) is 2.86. The van der Waals surface area contributed by atoms with Crippen LogP contribution in [0, 0.1) is 13.8 Å². The van der Waals surface area contributed by atoms with Crippen LogP contribution < -0.4 is 5.73 Å². The highest BCUT2D eigenvalue weighted by atomic mass is 16.5. The molecule has 0 spiro atoms. The Bertz CT molecular complexity index is 1110. The van der Waals surface area contributed by atoms with Gasteiger partial charge in [-0.15, -0.1) is 0 Å². The molecule has 0 fully saturated rings. The SMILES string of the molecule is Cc1nc(C(C)(O)c2ccc3c(C)nn(-c4ccnc(N)n4)c3c2)no1. The summed E-state index contributed by atoms with van der Waals surface area (Å²) in [5, 5.41) is 20.3. The first kappa shape index (κ1) is 16.2. The van der Waals surface area contributed by atoms with Gasteiger partial charge in [-0.2, -0.15) is 15.1 Å². The zero-order valence-electron chi connectivity index (χ0n) is 14.5. The Labute approximate surface area is 148 Å². The van der Waals surface area contributed by atoms with Gasteiger partial charge in [-0.3, -0.25) is 0 Å². The average Bonchev–Trinajstić information content (AvgIpc) is 3.19. The van der Waals surface area contributed by atoms with E-state index in [2.05, 4.69) is 25.2 Å². The number of nitrogens with two attached hydrogens (primary N) is 1. The van der Waals surface area contributed by atoms with Gasteiger partial charge in [0.15, 0.2) is 5.82 Å². The number of nitrogen functional groups attached to an aromatic ring is 1. The molecule has 3 aromatic heterocycles. The third kappa shape index (κ3) is 2.49. The van der Waals surface area contributed by atoms with E-state index in [0.717, 1.165) is 16.6 Å². The number of hydrogen-bond donors (Lipinski definition) is 2. The fourth-order valence-corrected chi connectivity index (χ4v) is 2.86. The van der Waals surface area contributed by atoms with Gasteiger partial charge < -0.3 is 15.4 Å². The van der Waals surface area contributed by atoms with Gasteiger partial charge in [0.2, 0.25) is 17.7 Å². The van der Waals surface area contributed by atoms with Crippen LogP contribution in [-0.4, -0.2) is 35.0 Å². The monoisotopic (exact) mass is 351 g/mol. The Morgan fingerprint density at radius 2 is 2.00 bits per heavy atom. The maximum absolute atomic E-state index is 11.0. The van der Waals surface area contributed by atoms with E-state index in [9.17, 15) is 5.11 Å². The molecule has 9 heteroatoms. The summed E-state index contributed by atoms with van der Waals surface area (Å²) in [5.41, 5.74) is 6.49. The molecule has 1 atom stereocenters. The standard InChI is InChI=1S/C17H17N7O2/c1-9-12-5-4-11(17(3,25)15-20-10(2)26-23-15)8-13(12)24(22-9)14-6-7-19-16(18)21-14/h4-8,25H,1-3H3,(H2,18,19,21). The third-order valence-electron chi connectivity index (χ3n) is 4.27. The van der Waals surface area contributed by atoms with Crippen molar-refractivity contribution in [2.24, 2.45) is 0 Å². The van der Waals surface area contributed by atoms with Crippen molar-refractivity contribution in [1.29, 1.82) is 0 Å². The summed E-state index contributed by atoms with van der Waals surface area (Å²) in [6.45, 7) is 5.20. The van der Waals surface area contributed by atoms with Crippen molar-refractivity contribution in [3.8, 4) is 5.82 Å². The lowest BCUT2D eigenvalue weighted by molar-refractivity contribution is 0.0893. The van der Waals surface area contributed by atoms with Crippen LogP contribution in [0.25, 0.3) is 16.7 Å². The summed E-state index contributed by atoms with van der Waals surface area (Å²) in [6, 6.07) is 7.27. The number of fused-ring (bicyclic) bond motifs is 1. The number of anilines is 1. The van der Waals surface area contributed by atoms with Gasteiger partial charge in [-0.1, -0.05) is 17.3 Å². The first-order valence-corrected chi connectivity index (χ1v) is 7.98. The molecular formula is C17H17N7O2. The lowest BCUT2D eigenvalue weighted by Gasteiger charge is -2.20. The number of benzene rings is 1. The highest BCUT2D eigenvalue weighted by molar-refractivity contribution is 5.84. The molecule has 132 valence electrons.